The molecule has 0 amide bonds. The maximum Gasteiger partial charge on any atom is 0.248 e. The summed E-state index contributed by atoms with van der Waals surface area (Å²) in [5, 5.41) is 0. The largest absolute Gasteiger partial charge is 0.248 e. The Balaban J connectivity index is 2.27. The lowest BCUT2D eigenvalue weighted by Gasteiger charge is -2.40. The fourth-order valence-electron chi connectivity index (χ4n) is 2.78. The number of unbranched alkanes of at least 4 members (excludes halogenated alkanes) is 3. The molecular formula is C14H26F2. The fourth-order valence-corrected chi connectivity index (χ4v) is 2.78. The maximum absolute atomic E-state index is 12.9. The monoisotopic (exact) mass is 232 g/mol. The van der Waals surface area contributed by atoms with Gasteiger partial charge in [-0.1, -0.05) is 58.8 Å². The zero-order valence-corrected chi connectivity index (χ0v) is 10.8. The van der Waals surface area contributed by atoms with E-state index in [0.717, 1.165) is 0 Å². The Labute approximate surface area is 98.8 Å². The lowest BCUT2D eigenvalue weighted by Crippen LogP contribution is -2.39. The van der Waals surface area contributed by atoms with Crippen LogP contribution in [0, 0.1) is 11.8 Å². The van der Waals surface area contributed by atoms with Crippen molar-refractivity contribution in [1.29, 1.82) is 0 Å². The number of alkyl halides is 2. The molecule has 1 aliphatic carbocycles. The lowest BCUT2D eigenvalue weighted by atomic mass is 9.70. The van der Waals surface area contributed by atoms with Crippen LogP contribution in [0.3, 0.4) is 0 Å². The average molecular weight is 232 g/mol. The van der Waals surface area contributed by atoms with Gasteiger partial charge < -0.3 is 0 Å². The first-order chi connectivity index (χ1) is 7.59. The van der Waals surface area contributed by atoms with Gasteiger partial charge in [-0.05, 0) is 11.8 Å². The summed E-state index contributed by atoms with van der Waals surface area (Å²) < 4.78 is 25.7. The molecule has 16 heavy (non-hydrogen) atoms. The minimum atomic E-state index is -2.33. The van der Waals surface area contributed by atoms with Gasteiger partial charge in [0.25, 0.3) is 0 Å². The highest BCUT2D eigenvalue weighted by Gasteiger charge is 2.47. The molecule has 1 aliphatic rings. The molecule has 1 unspecified atom stereocenters. The molecule has 0 bridgehead atoms. The number of halogens is 2. The second-order valence-corrected chi connectivity index (χ2v) is 5.42. The van der Waals surface area contributed by atoms with Crippen molar-refractivity contribution in [2.24, 2.45) is 11.8 Å². The van der Waals surface area contributed by atoms with Crippen LogP contribution in [0.25, 0.3) is 0 Å². The molecule has 0 saturated heterocycles. The van der Waals surface area contributed by atoms with Crippen molar-refractivity contribution in [3.05, 3.63) is 0 Å². The highest BCUT2D eigenvalue weighted by molar-refractivity contribution is 4.89. The van der Waals surface area contributed by atoms with Crippen molar-refractivity contribution in [3.63, 3.8) is 0 Å². The minimum Gasteiger partial charge on any atom is -0.207 e. The van der Waals surface area contributed by atoms with E-state index in [1.54, 1.807) is 0 Å². The molecule has 0 nitrogen and oxygen atoms in total. The third-order valence-electron chi connectivity index (χ3n) is 3.90. The Morgan fingerprint density at radius 2 is 1.56 bits per heavy atom. The summed E-state index contributed by atoms with van der Waals surface area (Å²) in [7, 11) is 0. The second-order valence-electron chi connectivity index (χ2n) is 5.42. The molecule has 1 atom stereocenters. The molecule has 2 heteroatoms. The molecule has 0 spiro atoms. The molecule has 1 fully saturated rings. The van der Waals surface area contributed by atoms with Crippen molar-refractivity contribution in [2.45, 2.75) is 77.6 Å². The zero-order valence-electron chi connectivity index (χ0n) is 10.8. The summed E-state index contributed by atoms with van der Waals surface area (Å²) in [4.78, 5) is 0. The quantitative estimate of drug-likeness (QED) is 0.490. The van der Waals surface area contributed by atoms with E-state index >= 15 is 0 Å². The molecule has 0 N–H and O–H groups in total. The highest BCUT2D eigenvalue weighted by atomic mass is 19.3. The Morgan fingerprint density at radius 3 is 2.06 bits per heavy atom. The number of rotatable bonds is 8. The molecule has 0 aromatic carbocycles. The maximum atomic E-state index is 12.9. The van der Waals surface area contributed by atoms with E-state index in [4.69, 9.17) is 0 Å². The van der Waals surface area contributed by atoms with Gasteiger partial charge in [0.05, 0.1) is 0 Å². The summed E-state index contributed by atoms with van der Waals surface area (Å²) in [6, 6.07) is 0. The van der Waals surface area contributed by atoms with Gasteiger partial charge in [-0.25, -0.2) is 8.78 Å². The van der Waals surface area contributed by atoms with Crippen LogP contribution in [-0.4, -0.2) is 5.92 Å². The van der Waals surface area contributed by atoms with Crippen LogP contribution in [0.4, 0.5) is 8.78 Å². The van der Waals surface area contributed by atoms with E-state index in [2.05, 4.69) is 13.8 Å². The van der Waals surface area contributed by atoms with Gasteiger partial charge in [0.2, 0.25) is 5.92 Å². The molecule has 96 valence electrons. The van der Waals surface area contributed by atoms with Gasteiger partial charge >= 0.3 is 0 Å². The van der Waals surface area contributed by atoms with Gasteiger partial charge in [-0.3, -0.25) is 0 Å². The van der Waals surface area contributed by atoms with Gasteiger partial charge in [-0.15, -0.1) is 0 Å². The third-order valence-corrected chi connectivity index (χ3v) is 3.90. The van der Waals surface area contributed by atoms with Crippen LogP contribution in [0.5, 0.6) is 0 Å². The first kappa shape index (κ1) is 13.9. The molecule has 0 aliphatic heterocycles. The fraction of sp³-hybridized carbons (Fsp3) is 1.00. The van der Waals surface area contributed by atoms with Crippen LogP contribution >= 0.6 is 0 Å². The smallest absolute Gasteiger partial charge is 0.207 e. The lowest BCUT2D eigenvalue weighted by molar-refractivity contribution is -0.127. The third kappa shape index (κ3) is 4.39. The van der Waals surface area contributed by atoms with E-state index in [0.29, 0.717) is 11.8 Å². The molecular weight excluding hydrogens is 206 g/mol. The van der Waals surface area contributed by atoms with E-state index in [1.165, 1.54) is 44.9 Å². The Bertz CT molecular complexity index is 181. The zero-order chi connectivity index (χ0) is 12.0. The summed E-state index contributed by atoms with van der Waals surface area (Å²) >= 11 is 0. The van der Waals surface area contributed by atoms with Crippen LogP contribution in [0.15, 0.2) is 0 Å². The van der Waals surface area contributed by atoms with E-state index in [1.807, 2.05) is 0 Å². The number of hydrogen-bond donors (Lipinski definition) is 0. The van der Waals surface area contributed by atoms with Crippen molar-refractivity contribution in [2.75, 3.05) is 0 Å². The first-order valence-electron chi connectivity index (χ1n) is 6.97. The molecule has 1 rings (SSSR count). The Kier molecular flexibility index (Phi) is 5.71. The molecule has 0 radical (unpaired) electrons. The first-order valence-corrected chi connectivity index (χ1v) is 6.97. The van der Waals surface area contributed by atoms with E-state index in [-0.39, 0.29) is 12.8 Å². The normalized spacial score (nSPS) is 21.8. The van der Waals surface area contributed by atoms with Crippen LogP contribution < -0.4 is 0 Å². The Morgan fingerprint density at radius 1 is 1.00 bits per heavy atom. The predicted molar refractivity (Wildman–Crippen MR) is 64.8 cm³/mol. The molecule has 0 heterocycles. The average Bonchev–Trinajstić information content (AvgIpc) is 2.20. The van der Waals surface area contributed by atoms with E-state index < -0.39 is 5.92 Å². The standard InChI is InChI=1S/C14H26F2/c1-3-5-7-9-12(8-6-4-2)13-10-14(15,16)11-13/h12-13H,3-11H2,1-2H3. The van der Waals surface area contributed by atoms with Crippen molar-refractivity contribution in [3.8, 4) is 0 Å². The molecule has 1 saturated carbocycles. The van der Waals surface area contributed by atoms with Gasteiger partial charge in [0.1, 0.15) is 0 Å². The Hall–Kier alpha value is -0.140. The van der Waals surface area contributed by atoms with Crippen LogP contribution in [0.2, 0.25) is 0 Å². The van der Waals surface area contributed by atoms with Crippen molar-refractivity contribution < 1.29 is 8.78 Å². The van der Waals surface area contributed by atoms with Gasteiger partial charge in [0.15, 0.2) is 0 Å². The van der Waals surface area contributed by atoms with E-state index in [9.17, 15) is 8.78 Å². The predicted octanol–water partition coefficient (Wildman–Crippen LogP) is 5.42. The summed E-state index contributed by atoms with van der Waals surface area (Å²) in [6.45, 7) is 4.37. The minimum absolute atomic E-state index is 0.160. The highest BCUT2D eigenvalue weighted by Crippen LogP contribution is 2.48. The summed E-state index contributed by atoms with van der Waals surface area (Å²) in [6.07, 6.45) is 8.77. The van der Waals surface area contributed by atoms with Gasteiger partial charge in [0, 0.05) is 12.8 Å². The molecule has 0 aromatic heterocycles. The second kappa shape index (κ2) is 6.56. The van der Waals surface area contributed by atoms with Crippen molar-refractivity contribution >= 4 is 0 Å². The van der Waals surface area contributed by atoms with Gasteiger partial charge in [-0.2, -0.15) is 0 Å². The molecule has 0 aromatic rings. The SMILES string of the molecule is CCCCCC(CCCC)C1CC(F)(F)C1. The topological polar surface area (TPSA) is 0 Å². The number of hydrogen-bond acceptors (Lipinski definition) is 0. The summed E-state index contributed by atoms with van der Waals surface area (Å²) in [5.41, 5.74) is 0. The van der Waals surface area contributed by atoms with Crippen molar-refractivity contribution in [1.82, 2.24) is 0 Å². The summed E-state index contributed by atoms with van der Waals surface area (Å²) in [5.74, 6) is -1.44. The van der Waals surface area contributed by atoms with Crippen LogP contribution in [-0.2, 0) is 0 Å². The van der Waals surface area contributed by atoms with Crippen LogP contribution in [0.1, 0.15) is 71.6 Å².